The van der Waals surface area contributed by atoms with E-state index in [0.29, 0.717) is 52.1 Å². The Hall–Kier alpha value is -5.14. The van der Waals surface area contributed by atoms with Crippen molar-refractivity contribution in [2.24, 2.45) is 0 Å². The summed E-state index contributed by atoms with van der Waals surface area (Å²) in [6.07, 6.45) is 1.36. The number of rotatable bonds is 20. The first-order valence-electron chi connectivity index (χ1n) is 14.6. The summed E-state index contributed by atoms with van der Waals surface area (Å²) in [6, 6.07) is 3.83. The Kier molecular flexibility index (Phi) is 14.7. The molecule has 2 aromatic carbocycles. The molecule has 0 aromatic heterocycles. The summed E-state index contributed by atoms with van der Waals surface area (Å²) in [5.41, 5.74) is -2.07. The fourth-order valence-corrected chi connectivity index (χ4v) is 4.74. The number of hydrogen-bond acceptors (Lipinski definition) is 9. The van der Waals surface area contributed by atoms with Crippen LogP contribution in [0.3, 0.4) is 0 Å². The molecule has 13 nitrogen and oxygen atoms in total. The zero-order valence-corrected chi connectivity index (χ0v) is 26.3. The Morgan fingerprint density at radius 2 is 0.894 bits per heavy atom. The van der Waals surface area contributed by atoms with E-state index in [2.05, 4.69) is 13.2 Å². The minimum absolute atomic E-state index is 0.0594. The Balaban J connectivity index is 2.41. The third kappa shape index (κ3) is 11.0. The molecule has 0 aliphatic carbocycles. The molecule has 0 aliphatic heterocycles. The van der Waals surface area contributed by atoms with Crippen molar-refractivity contribution in [1.29, 1.82) is 0 Å². The van der Waals surface area contributed by atoms with Crippen molar-refractivity contribution in [2.45, 2.75) is 52.4 Å². The van der Waals surface area contributed by atoms with Crippen molar-refractivity contribution >= 4 is 35.8 Å². The van der Waals surface area contributed by atoms with Gasteiger partial charge in [-0.2, -0.15) is 0 Å². The monoisotopic (exact) mass is 654 g/mol. The maximum absolute atomic E-state index is 13.2. The molecule has 252 valence electrons. The molecule has 2 aromatic rings. The number of carboxylic acid groups (broad SMARTS) is 4. The van der Waals surface area contributed by atoms with Gasteiger partial charge >= 0.3 is 35.8 Å². The highest BCUT2D eigenvalue weighted by Crippen LogP contribution is 2.26. The van der Waals surface area contributed by atoms with Gasteiger partial charge in [-0.15, -0.1) is 0 Å². The number of esters is 2. The number of aromatic carboxylic acids is 4. The van der Waals surface area contributed by atoms with Crippen LogP contribution in [0.2, 0.25) is 0 Å². The largest absolute Gasteiger partial charge is 0.478 e. The maximum atomic E-state index is 13.2. The molecule has 47 heavy (non-hydrogen) atoms. The SMILES string of the molecule is C=C(C)COCCCCc1c(C(=O)O)ccc(C(=O)OC(=O)c2ccc(C(=O)O)c(CCCCOCC(=C)C)c2C(=O)O)c1C(=O)O. The van der Waals surface area contributed by atoms with E-state index in [0.717, 1.165) is 35.4 Å². The standard InChI is InChI=1S/C34H38O13/c1-19(2)17-45-15-7-5-9-21-23(29(35)36)11-13-25(27(21)31(39)40)33(43)47-34(44)26-14-12-24(30(37)38)22(28(26)32(41)42)10-6-8-16-46-18-20(3)4/h11-14H,1,3,5-10,15-18H2,2,4H3,(H,35,36)(H,37,38)(H,39,40)(H,41,42). The molecule has 2 rings (SSSR count). The fraction of sp³-hybridized carbons (Fsp3) is 0.353. The molecule has 0 bridgehead atoms. The Morgan fingerprint density at radius 1 is 0.553 bits per heavy atom. The number of hydrogen-bond donors (Lipinski definition) is 4. The number of carbonyl (C=O) groups is 6. The lowest BCUT2D eigenvalue weighted by Crippen LogP contribution is -2.22. The van der Waals surface area contributed by atoms with Gasteiger partial charge in [0.25, 0.3) is 0 Å². The number of carbonyl (C=O) groups excluding carboxylic acids is 2. The summed E-state index contributed by atoms with van der Waals surface area (Å²) >= 11 is 0. The van der Waals surface area contributed by atoms with Crippen molar-refractivity contribution in [3.8, 4) is 0 Å². The van der Waals surface area contributed by atoms with Crippen LogP contribution in [0.15, 0.2) is 48.6 Å². The van der Waals surface area contributed by atoms with E-state index in [1.165, 1.54) is 0 Å². The summed E-state index contributed by atoms with van der Waals surface area (Å²) in [7, 11) is 0. The van der Waals surface area contributed by atoms with E-state index in [-0.39, 0.29) is 35.1 Å². The van der Waals surface area contributed by atoms with Gasteiger partial charge in [0.05, 0.1) is 46.6 Å². The summed E-state index contributed by atoms with van der Waals surface area (Å²) in [4.78, 5) is 74.8. The third-order valence-corrected chi connectivity index (χ3v) is 6.77. The molecule has 0 radical (unpaired) electrons. The first-order valence-corrected chi connectivity index (χ1v) is 14.6. The Morgan fingerprint density at radius 3 is 1.19 bits per heavy atom. The van der Waals surface area contributed by atoms with Gasteiger partial charge in [0.15, 0.2) is 0 Å². The molecule has 0 fully saturated rings. The molecular weight excluding hydrogens is 616 g/mol. The molecule has 0 aliphatic rings. The predicted molar refractivity (Wildman–Crippen MR) is 168 cm³/mol. The van der Waals surface area contributed by atoms with Crippen LogP contribution < -0.4 is 0 Å². The Bertz CT molecular complexity index is 1450. The van der Waals surface area contributed by atoms with Crippen molar-refractivity contribution in [2.75, 3.05) is 26.4 Å². The van der Waals surface area contributed by atoms with Gasteiger partial charge in [-0.3, -0.25) is 0 Å². The van der Waals surface area contributed by atoms with Crippen LogP contribution in [0, 0.1) is 0 Å². The van der Waals surface area contributed by atoms with Gasteiger partial charge in [0, 0.05) is 13.2 Å². The van der Waals surface area contributed by atoms with Crippen molar-refractivity contribution in [1.82, 2.24) is 0 Å². The lowest BCUT2D eigenvalue weighted by molar-refractivity contribution is 0.0384. The maximum Gasteiger partial charge on any atom is 0.346 e. The highest BCUT2D eigenvalue weighted by Gasteiger charge is 2.30. The van der Waals surface area contributed by atoms with Crippen LogP contribution >= 0.6 is 0 Å². The fourth-order valence-electron chi connectivity index (χ4n) is 4.74. The molecular formula is C34H38O13. The first kappa shape index (κ1) is 38.0. The zero-order valence-electron chi connectivity index (χ0n) is 26.3. The number of carboxylic acids is 4. The molecule has 0 heterocycles. The van der Waals surface area contributed by atoms with Crippen LogP contribution in [0.4, 0.5) is 0 Å². The van der Waals surface area contributed by atoms with E-state index < -0.39 is 58.1 Å². The minimum atomic E-state index is -1.65. The van der Waals surface area contributed by atoms with Crippen molar-refractivity contribution in [3.05, 3.63) is 93.1 Å². The second kappa shape index (κ2) is 18.1. The van der Waals surface area contributed by atoms with Crippen LogP contribution in [0.25, 0.3) is 0 Å². The van der Waals surface area contributed by atoms with Gasteiger partial charge in [0.2, 0.25) is 0 Å². The van der Waals surface area contributed by atoms with E-state index in [4.69, 9.17) is 14.2 Å². The first-order chi connectivity index (χ1) is 22.2. The molecule has 4 N–H and O–H groups in total. The number of benzene rings is 2. The summed E-state index contributed by atoms with van der Waals surface area (Å²) < 4.78 is 15.7. The van der Waals surface area contributed by atoms with Crippen molar-refractivity contribution in [3.63, 3.8) is 0 Å². The summed E-state index contributed by atoms with van der Waals surface area (Å²) in [5, 5.41) is 39.4. The molecule has 13 heteroatoms. The molecule has 0 spiro atoms. The Labute approximate surface area is 271 Å². The second-order valence-corrected chi connectivity index (χ2v) is 10.9. The quantitative estimate of drug-likeness (QED) is 0.0618. The van der Waals surface area contributed by atoms with Crippen LogP contribution in [0.1, 0.15) is 113 Å². The van der Waals surface area contributed by atoms with Gasteiger partial charge in [0.1, 0.15) is 0 Å². The number of unbranched alkanes of at least 4 members (excludes halogenated alkanes) is 2. The summed E-state index contributed by atoms with van der Waals surface area (Å²) in [6.45, 7) is 12.2. The number of ether oxygens (including phenoxy) is 3. The lowest BCUT2D eigenvalue weighted by Gasteiger charge is -2.16. The van der Waals surface area contributed by atoms with Crippen LogP contribution in [0.5, 0.6) is 0 Å². The lowest BCUT2D eigenvalue weighted by atomic mass is 9.91. The summed E-state index contributed by atoms with van der Waals surface area (Å²) in [5.74, 6) is -9.09. The molecule has 0 atom stereocenters. The topological polar surface area (TPSA) is 211 Å². The average molecular weight is 655 g/mol. The zero-order chi connectivity index (χ0) is 35.3. The molecule has 0 saturated heterocycles. The van der Waals surface area contributed by atoms with E-state index in [9.17, 15) is 49.2 Å². The normalized spacial score (nSPS) is 10.7. The van der Waals surface area contributed by atoms with Gasteiger partial charge in [-0.25, -0.2) is 28.8 Å². The van der Waals surface area contributed by atoms with Crippen LogP contribution in [-0.2, 0) is 27.1 Å². The second-order valence-electron chi connectivity index (χ2n) is 10.9. The predicted octanol–water partition coefficient (Wildman–Crippen LogP) is 5.31. The van der Waals surface area contributed by atoms with E-state index >= 15 is 0 Å². The third-order valence-electron chi connectivity index (χ3n) is 6.77. The highest BCUT2D eigenvalue weighted by molar-refractivity contribution is 6.12. The van der Waals surface area contributed by atoms with Gasteiger partial charge in [-0.1, -0.05) is 24.3 Å². The van der Waals surface area contributed by atoms with E-state index in [1.54, 1.807) is 13.8 Å². The smallest absolute Gasteiger partial charge is 0.346 e. The van der Waals surface area contributed by atoms with Crippen molar-refractivity contribution < 1.29 is 63.4 Å². The van der Waals surface area contributed by atoms with Gasteiger partial charge < -0.3 is 34.6 Å². The highest BCUT2D eigenvalue weighted by atomic mass is 16.6. The average Bonchev–Trinajstić information content (AvgIpc) is 2.98. The minimum Gasteiger partial charge on any atom is -0.478 e. The van der Waals surface area contributed by atoms with Gasteiger partial charge in [-0.05, 0) is 87.8 Å². The molecule has 0 unspecified atom stereocenters. The van der Waals surface area contributed by atoms with E-state index in [1.807, 2.05) is 0 Å². The van der Waals surface area contributed by atoms with Crippen LogP contribution in [-0.4, -0.2) is 82.7 Å². The molecule has 0 amide bonds. The molecule has 0 saturated carbocycles.